The Morgan fingerprint density at radius 2 is 1.87 bits per heavy atom. The van der Waals surface area contributed by atoms with Crippen molar-refractivity contribution in [1.29, 1.82) is 0 Å². The molecule has 1 aromatic carbocycles. The molecule has 0 aliphatic rings. The molecule has 0 radical (unpaired) electrons. The third kappa shape index (κ3) is 3.35. The maximum atomic E-state index is 13.0. The topological polar surface area (TPSA) is 91.2 Å². The summed E-state index contributed by atoms with van der Waals surface area (Å²) >= 11 is 6.17. The fraction of sp³-hybridized carbons (Fsp3) is 0.190. The van der Waals surface area contributed by atoms with Crippen molar-refractivity contribution < 1.29 is 9.21 Å². The van der Waals surface area contributed by atoms with Crippen molar-refractivity contribution in [3.05, 3.63) is 91.6 Å². The minimum Gasteiger partial charge on any atom is -0.467 e. The molecule has 0 bridgehead atoms. The van der Waals surface area contributed by atoms with E-state index < -0.39 is 17.2 Å². The van der Waals surface area contributed by atoms with E-state index in [2.05, 4.69) is 5.32 Å². The summed E-state index contributed by atoms with van der Waals surface area (Å²) in [6.45, 7) is 0.406. The summed E-state index contributed by atoms with van der Waals surface area (Å²) < 4.78 is 9.40. The van der Waals surface area contributed by atoms with Crippen LogP contribution in [-0.4, -0.2) is 19.6 Å². The molecule has 154 valence electrons. The Morgan fingerprint density at radius 3 is 2.57 bits per heavy atom. The number of fused-ring (bicyclic) bond motifs is 1. The van der Waals surface area contributed by atoms with Gasteiger partial charge in [-0.2, -0.15) is 0 Å². The maximum Gasteiger partial charge on any atom is 0.332 e. The first-order valence-electron chi connectivity index (χ1n) is 9.21. The number of rotatable bonds is 5. The van der Waals surface area contributed by atoms with E-state index in [9.17, 15) is 14.4 Å². The van der Waals surface area contributed by atoms with Gasteiger partial charge in [0.1, 0.15) is 17.1 Å². The molecule has 30 heavy (non-hydrogen) atoms. The largest absolute Gasteiger partial charge is 0.467 e. The molecular formula is C21H19ClN4O4. The first-order valence-corrected chi connectivity index (χ1v) is 9.59. The SMILES string of the molecule is Cn1c(=O)c2cc(C(=O)NCc3ccccc3Cl)n(Cc3ccco3)c2n(C)c1=O. The summed E-state index contributed by atoms with van der Waals surface area (Å²) in [6.07, 6.45) is 1.52. The van der Waals surface area contributed by atoms with Crippen LogP contribution in [0, 0.1) is 0 Å². The highest BCUT2D eigenvalue weighted by atomic mass is 35.5. The summed E-state index contributed by atoms with van der Waals surface area (Å²) in [5.41, 5.74) is 0.416. The maximum absolute atomic E-state index is 13.0. The first kappa shape index (κ1) is 19.8. The number of nitrogens with zero attached hydrogens (tertiary/aromatic N) is 3. The van der Waals surface area contributed by atoms with Crippen LogP contribution in [0.25, 0.3) is 11.0 Å². The van der Waals surface area contributed by atoms with Crippen molar-refractivity contribution in [1.82, 2.24) is 19.0 Å². The molecule has 0 saturated carbocycles. The van der Waals surface area contributed by atoms with Gasteiger partial charge in [-0.25, -0.2) is 4.79 Å². The first-order chi connectivity index (χ1) is 14.4. The van der Waals surface area contributed by atoms with Gasteiger partial charge >= 0.3 is 5.69 Å². The highest BCUT2D eigenvalue weighted by molar-refractivity contribution is 6.31. The third-order valence-electron chi connectivity index (χ3n) is 5.02. The monoisotopic (exact) mass is 426 g/mol. The van der Waals surface area contributed by atoms with E-state index in [0.717, 1.165) is 10.1 Å². The highest BCUT2D eigenvalue weighted by Crippen LogP contribution is 2.19. The number of hydrogen-bond donors (Lipinski definition) is 1. The van der Waals surface area contributed by atoms with Crippen LogP contribution in [0.4, 0.5) is 0 Å². The van der Waals surface area contributed by atoms with E-state index >= 15 is 0 Å². The number of benzene rings is 1. The van der Waals surface area contributed by atoms with Gasteiger partial charge in [-0.05, 0) is 29.8 Å². The molecule has 0 atom stereocenters. The Labute approximate surface area is 175 Å². The zero-order valence-corrected chi connectivity index (χ0v) is 17.1. The Kier molecular flexibility index (Phi) is 5.09. The van der Waals surface area contributed by atoms with E-state index in [1.807, 2.05) is 18.2 Å². The van der Waals surface area contributed by atoms with E-state index in [-0.39, 0.29) is 24.2 Å². The van der Waals surface area contributed by atoms with Gasteiger partial charge in [0.2, 0.25) is 0 Å². The number of carbonyl (C=O) groups is 1. The summed E-state index contributed by atoms with van der Waals surface area (Å²) in [6, 6.07) is 12.2. The van der Waals surface area contributed by atoms with Gasteiger partial charge in [0.25, 0.3) is 11.5 Å². The average Bonchev–Trinajstić information content (AvgIpc) is 3.38. The third-order valence-corrected chi connectivity index (χ3v) is 5.39. The molecule has 0 aliphatic heterocycles. The average molecular weight is 427 g/mol. The lowest BCUT2D eigenvalue weighted by Gasteiger charge is -2.12. The lowest BCUT2D eigenvalue weighted by atomic mass is 10.2. The van der Waals surface area contributed by atoms with Crippen molar-refractivity contribution >= 4 is 28.5 Å². The van der Waals surface area contributed by atoms with Crippen molar-refractivity contribution in [2.75, 3.05) is 0 Å². The second-order valence-corrected chi connectivity index (χ2v) is 7.32. The normalized spacial score (nSPS) is 11.2. The molecule has 0 fully saturated rings. The number of aryl methyl sites for hydroxylation is 1. The molecule has 0 unspecified atom stereocenters. The van der Waals surface area contributed by atoms with E-state index in [1.165, 1.54) is 23.9 Å². The number of halogens is 1. The van der Waals surface area contributed by atoms with Crippen LogP contribution in [0.3, 0.4) is 0 Å². The van der Waals surface area contributed by atoms with E-state index in [1.54, 1.807) is 29.8 Å². The van der Waals surface area contributed by atoms with Crippen molar-refractivity contribution in [3.63, 3.8) is 0 Å². The van der Waals surface area contributed by atoms with Crippen molar-refractivity contribution in [3.8, 4) is 0 Å². The van der Waals surface area contributed by atoms with Crippen LogP contribution in [0.15, 0.2) is 62.7 Å². The summed E-state index contributed by atoms with van der Waals surface area (Å²) in [4.78, 5) is 38.2. The molecule has 3 aromatic heterocycles. The highest BCUT2D eigenvalue weighted by Gasteiger charge is 2.22. The fourth-order valence-corrected chi connectivity index (χ4v) is 3.66. The van der Waals surface area contributed by atoms with Crippen molar-refractivity contribution in [2.24, 2.45) is 14.1 Å². The second-order valence-electron chi connectivity index (χ2n) is 6.91. The van der Waals surface area contributed by atoms with Crippen LogP contribution < -0.4 is 16.6 Å². The van der Waals surface area contributed by atoms with Crippen LogP contribution in [-0.2, 0) is 27.2 Å². The van der Waals surface area contributed by atoms with E-state index in [0.29, 0.717) is 16.4 Å². The van der Waals surface area contributed by atoms with E-state index in [4.69, 9.17) is 16.0 Å². The predicted molar refractivity (Wildman–Crippen MR) is 113 cm³/mol. The number of carbonyl (C=O) groups excluding carboxylic acids is 1. The van der Waals surface area contributed by atoms with Gasteiger partial charge in [0.05, 0.1) is 18.2 Å². The molecule has 1 amide bonds. The minimum absolute atomic E-state index is 0.186. The molecule has 0 saturated heterocycles. The van der Waals surface area contributed by atoms with Gasteiger partial charge in [0, 0.05) is 25.7 Å². The second kappa shape index (κ2) is 7.72. The Balaban J connectivity index is 1.82. The molecule has 0 spiro atoms. The zero-order valence-electron chi connectivity index (χ0n) is 16.4. The van der Waals surface area contributed by atoms with Gasteiger partial charge in [0.15, 0.2) is 0 Å². The summed E-state index contributed by atoms with van der Waals surface area (Å²) in [5.74, 6) is 0.188. The lowest BCUT2D eigenvalue weighted by Crippen LogP contribution is -2.37. The summed E-state index contributed by atoms with van der Waals surface area (Å²) in [7, 11) is 2.97. The Morgan fingerprint density at radius 1 is 1.10 bits per heavy atom. The molecule has 0 aliphatic carbocycles. The molecule has 4 aromatic rings. The van der Waals surface area contributed by atoms with Crippen molar-refractivity contribution in [2.45, 2.75) is 13.1 Å². The number of nitrogens with one attached hydrogen (secondary N) is 1. The number of hydrogen-bond acceptors (Lipinski definition) is 4. The quantitative estimate of drug-likeness (QED) is 0.530. The molecule has 8 nitrogen and oxygen atoms in total. The summed E-state index contributed by atoms with van der Waals surface area (Å²) in [5, 5.41) is 3.65. The van der Waals surface area contributed by atoms with Gasteiger partial charge in [-0.15, -0.1) is 0 Å². The fourth-order valence-electron chi connectivity index (χ4n) is 3.46. The Bertz CT molecular complexity index is 1360. The lowest BCUT2D eigenvalue weighted by molar-refractivity contribution is 0.0942. The minimum atomic E-state index is -0.477. The molecule has 9 heteroatoms. The molecule has 1 N–H and O–H groups in total. The zero-order chi connectivity index (χ0) is 21.4. The van der Waals surface area contributed by atoms with Crippen LogP contribution in [0.5, 0.6) is 0 Å². The molecular weight excluding hydrogens is 408 g/mol. The van der Waals surface area contributed by atoms with Crippen LogP contribution >= 0.6 is 11.6 Å². The van der Waals surface area contributed by atoms with Gasteiger partial charge in [-0.1, -0.05) is 29.8 Å². The van der Waals surface area contributed by atoms with Crippen LogP contribution in [0.2, 0.25) is 5.02 Å². The van der Waals surface area contributed by atoms with Gasteiger partial charge in [-0.3, -0.25) is 18.7 Å². The standard InChI is InChI=1S/C21H19ClN4O4/c1-24-19-15(20(28)25(2)21(24)29)10-17(26(19)12-14-7-5-9-30-14)18(27)23-11-13-6-3-4-8-16(13)22/h3-10H,11-12H2,1-2H3,(H,23,27). The predicted octanol–water partition coefficient (Wildman–Crippen LogP) is 2.26. The number of amides is 1. The molecule has 3 heterocycles. The smallest absolute Gasteiger partial charge is 0.332 e. The van der Waals surface area contributed by atoms with Gasteiger partial charge < -0.3 is 14.3 Å². The number of aromatic nitrogens is 3. The Hall–Kier alpha value is -3.52. The molecule has 4 rings (SSSR count). The number of furan rings is 1. The van der Waals surface area contributed by atoms with Crippen LogP contribution in [0.1, 0.15) is 21.8 Å².